The molecule has 2 rings (SSSR count). The molecule has 13 heteroatoms. The van der Waals surface area contributed by atoms with Crippen LogP contribution in [0.2, 0.25) is 0 Å². The van der Waals surface area contributed by atoms with Crippen molar-refractivity contribution in [3.63, 3.8) is 0 Å². The summed E-state index contributed by atoms with van der Waals surface area (Å²) in [4.78, 5) is 68.7. The molecule has 1 aliphatic heterocycles. The van der Waals surface area contributed by atoms with E-state index < -0.39 is 47.9 Å². The Morgan fingerprint density at radius 3 is 2.44 bits per heavy atom. The predicted octanol–water partition coefficient (Wildman–Crippen LogP) is 0.126. The molecule has 3 amide bonds. The van der Waals surface area contributed by atoms with Gasteiger partial charge >= 0.3 is 5.97 Å². The van der Waals surface area contributed by atoms with Gasteiger partial charge < -0.3 is 41.6 Å². The van der Waals surface area contributed by atoms with Crippen LogP contribution in [0.4, 0.5) is 0 Å². The van der Waals surface area contributed by atoms with Gasteiger partial charge in [-0.2, -0.15) is 0 Å². The monoisotopic (exact) mass is 574 g/mol. The summed E-state index contributed by atoms with van der Waals surface area (Å²) in [7, 11) is 0. The van der Waals surface area contributed by atoms with E-state index in [-0.39, 0.29) is 24.0 Å². The first-order chi connectivity index (χ1) is 19.4. The number of benzene rings is 1. The number of nitrogens with zero attached hydrogens (tertiary/aromatic N) is 2. The number of carbonyl (C=O) groups is 5. The Morgan fingerprint density at radius 2 is 1.85 bits per heavy atom. The van der Waals surface area contributed by atoms with Crippen molar-refractivity contribution >= 4 is 35.9 Å². The average Bonchev–Trinajstić information content (AvgIpc) is 3.40. The number of ether oxygens (including phenoxy) is 1. The fourth-order valence-corrected chi connectivity index (χ4v) is 4.67. The number of amides is 3. The molecule has 1 saturated heterocycles. The number of hydrogen-bond acceptors (Lipinski definition) is 8. The maximum atomic E-state index is 13.7. The first kappa shape index (κ1) is 33.0. The number of likely N-dealkylation sites (tertiary alicyclic amines) is 1. The number of aromatic hydroxyl groups is 1. The Hall–Kier alpha value is -4.16. The van der Waals surface area contributed by atoms with Crippen LogP contribution in [0.15, 0.2) is 29.3 Å². The number of guanidine groups is 1. The van der Waals surface area contributed by atoms with Crippen molar-refractivity contribution in [1.29, 1.82) is 0 Å². The van der Waals surface area contributed by atoms with E-state index in [0.29, 0.717) is 57.0 Å². The fraction of sp³-hybridized carbons (Fsp3) is 0.571. The summed E-state index contributed by atoms with van der Waals surface area (Å²) in [5.41, 5.74) is 11.3. The van der Waals surface area contributed by atoms with Crippen molar-refractivity contribution in [2.24, 2.45) is 22.4 Å². The van der Waals surface area contributed by atoms with E-state index in [1.807, 2.05) is 13.8 Å². The second-order valence-corrected chi connectivity index (χ2v) is 10.5. The minimum atomic E-state index is -1.20. The third-order valence-corrected chi connectivity index (χ3v) is 6.58. The summed E-state index contributed by atoms with van der Waals surface area (Å²) in [5.74, 6) is -2.16. The number of nitrogens with one attached hydrogen (secondary N) is 2. The lowest BCUT2D eigenvalue weighted by Gasteiger charge is -2.30. The van der Waals surface area contributed by atoms with Crippen molar-refractivity contribution < 1.29 is 33.8 Å². The normalized spacial score (nSPS) is 16.8. The predicted molar refractivity (Wildman–Crippen MR) is 151 cm³/mol. The zero-order chi connectivity index (χ0) is 30.5. The van der Waals surface area contributed by atoms with Crippen LogP contribution >= 0.6 is 0 Å². The van der Waals surface area contributed by atoms with Crippen LogP contribution in [0.3, 0.4) is 0 Å². The van der Waals surface area contributed by atoms with E-state index in [4.69, 9.17) is 16.2 Å². The number of esters is 1. The summed E-state index contributed by atoms with van der Waals surface area (Å²) in [6.07, 6.45) is 1.57. The van der Waals surface area contributed by atoms with Crippen LogP contribution < -0.4 is 22.1 Å². The number of carbonyl (C=O) groups excluding carboxylic acids is 5. The highest BCUT2D eigenvalue weighted by Crippen LogP contribution is 2.21. The van der Waals surface area contributed by atoms with Gasteiger partial charge in [-0.25, -0.2) is 0 Å². The lowest BCUT2D eigenvalue weighted by molar-refractivity contribution is -0.154. The van der Waals surface area contributed by atoms with Crippen molar-refractivity contribution in [3.8, 4) is 5.75 Å². The largest absolute Gasteiger partial charge is 0.508 e. The van der Waals surface area contributed by atoms with Crippen LogP contribution in [0, 0.1) is 5.92 Å². The SMILES string of the molecule is CC(=O)O[C@H](Cc1ccc(O)cc1)C(=O)N[C@@H](CC(C)C)C(=O)N1CCC[C@@H]1C(=O)N[C@@H](C=O)CCCN=C(N)N. The number of hydrogen-bond donors (Lipinski definition) is 5. The molecular weight excluding hydrogens is 532 g/mol. The molecule has 0 unspecified atom stereocenters. The van der Waals surface area contributed by atoms with Gasteiger partial charge in [0.25, 0.3) is 5.91 Å². The molecule has 0 aromatic heterocycles. The smallest absolute Gasteiger partial charge is 0.303 e. The van der Waals surface area contributed by atoms with Crippen molar-refractivity contribution in [2.75, 3.05) is 13.1 Å². The number of phenolic OH excluding ortho intramolecular Hbond substituents is 1. The molecule has 0 bridgehead atoms. The van der Waals surface area contributed by atoms with Crippen LogP contribution in [0.5, 0.6) is 5.75 Å². The molecule has 1 aromatic rings. The number of aliphatic imine (C=N–C) groups is 1. The Bertz CT molecular complexity index is 1090. The molecule has 0 saturated carbocycles. The molecule has 4 atom stereocenters. The fourth-order valence-electron chi connectivity index (χ4n) is 4.67. The topological polar surface area (TPSA) is 207 Å². The van der Waals surface area contributed by atoms with E-state index in [1.165, 1.54) is 24.0 Å². The lowest BCUT2D eigenvalue weighted by Crippen LogP contribution is -2.56. The quantitative estimate of drug-likeness (QED) is 0.0633. The molecule has 0 spiro atoms. The van der Waals surface area contributed by atoms with Crippen molar-refractivity contribution in [1.82, 2.24) is 15.5 Å². The second-order valence-electron chi connectivity index (χ2n) is 10.5. The summed E-state index contributed by atoms with van der Waals surface area (Å²) in [6, 6.07) is 3.62. The molecule has 1 fully saturated rings. The van der Waals surface area contributed by atoms with Crippen molar-refractivity contribution in [2.45, 2.75) is 83.5 Å². The second kappa shape index (κ2) is 16.2. The third kappa shape index (κ3) is 11.1. The van der Waals surface area contributed by atoms with E-state index >= 15 is 0 Å². The first-order valence-electron chi connectivity index (χ1n) is 13.8. The summed E-state index contributed by atoms with van der Waals surface area (Å²) < 4.78 is 5.27. The number of rotatable bonds is 15. The molecule has 13 nitrogen and oxygen atoms in total. The highest BCUT2D eigenvalue weighted by molar-refractivity contribution is 5.94. The maximum Gasteiger partial charge on any atom is 0.303 e. The van der Waals surface area contributed by atoms with Gasteiger partial charge in [-0.15, -0.1) is 0 Å². The van der Waals surface area contributed by atoms with Crippen LogP contribution in [-0.2, 0) is 35.1 Å². The number of phenols is 1. The van der Waals surface area contributed by atoms with Gasteiger partial charge in [-0.05, 0) is 55.7 Å². The van der Waals surface area contributed by atoms with Gasteiger partial charge in [0.1, 0.15) is 24.1 Å². The summed E-state index contributed by atoms with van der Waals surface area (Å²) in [5, 5.41) is 15.0. The molecule has 1 aliphatic rings. The Balaban J connectivity index is 2.13. The molecular formula is C28H42N6O7. The molecule has 7 N–H and O–H groups in total. The Kier molecular flexibility index (Phi) is 13.0. The molecule has 226 valence electrons. The number of nitrogens with two attached hydrogens (primary N) is 2. The van der Waals surface area contributed by atoms with Crippen molar-refractivity contribution in [3.05, 3.63) is 29.8 Å². The van der Waals surface area contributed by atoms with Gasteiger partial charge in [0.05, 0.1) is 6.04 Å². The highest BCUT2D eigenvalue weighted by Gasteiger charge is 2.39. The maximum absolute atomic E-state index is 13.7. The average molecular weight is 575 g/mol. The standard InChI is InChI=1S/C28H42N6O7/c1-17(2)14-22(33-26(39)24(41-18(3)36)15-19-8-10-21(37)11-9-19)27(40)34-13-5-7-23(34)25(38)32-20(16-35)6-4-12-31-28(29)30/h8-11,16-17,20,22-24,37H,4-7,12-15H2,1-3H3,(H,32,38)(H,33,39)(H4,29,30,31)/t20-,22+,23-,24-/m1/s1. The van der Waals surface area contributed by atoms with Gasteiger partial charge in [0.2, 0.25) is 11.8 Å². The van der Waals surface area contributed by atoms with Crippen LogP contribution in [0.1, 0.15) is 58.4 Å². The van der Waals surface area contributed by atoms with Crippen LogP contribution in [-0.4, -0.2) is 83.3 Å². The number of aldehydes is 1. The zero-order valence-corrected chi connectivity index (χ0v) is 23.9. The minimum absolute atomic E-state index is 0.0214. The van der Waals surface area contributed by atoms with Gasteiger partial charge in [0, 0.05) is 26.4 Å². The van der Waals surface area contributed by atoms with Crippen LogP contribution in [0.25, 0.3) is 0 Å². The van der Waals surface area contributed by atoms with Gasteiger partial charge in [0.15, 0.2) is 12.1 Å². The Labute approximate surface area is 240 Å². The molecule has 41 heavy (non-hydrogen) atoms. The third-order valence-electron chi connectivity index (χ3n) is 6.58. The van der Waals surface area contributed by atoms with E-state index in [2.05, 4.69) is 15.6 Å². The molecule has 1 aromatic carbocycles. The molecule has 0 radical (unpaired) electrons. The molecule has 0 aliphatic carbocycles. The van der Waals surface area contributed by atoms with E-state index in [0.717, 1.165) is 0 Å². The zero-order valence-electron chi connectivity index (χ0n) is 23.9. The summed E-state index contributed by atoms with van der Waals surface area (Å²) in [6.45, 7) is 5.62. The van der Waals surface area contributed by atoms with Gasteiger partial charge in [-0.3, -0.25) is 24.2 Å². The molecule has 1 heterocycles. The van der Waals surface area contributed by atoms with Gasteiger partial charge in [-0.1, -0.05) is 26.0 Å². The highest BCUT2D eigenvalue weighted by atomic mass is 16.5. The Morgan fingerprint density at radius 1 is 1.17 bits per heavy atom. The minimum Gasteiger partial charge on any atom is -0.508 e. The van der Waals surface area contributed by atoms with E-state index in [1.54, 1.807) is 12.1 Å². The lowest BCUT2D eigenvalue weighted by atomic mass is 10.0. The van der Waals surface area contributed by atoms with E-state index in [9.17, 15) is 29.1 Å². The summed E-state index contributed by atoms with van der Waals surface area (Å²) >= 11 is 0. The first-order valence-corrected chi connectivity index (χ1v) is 13.8.